The van der Waals surface area contributed by atoms with Gasteiger partial charge in [0, 0.05) is 50.2 Å². The molecule has 1 aliphatic heterocycles. The molecule has 164 valence electrons. The molecule has 0 aliphatic carbocycles. The summed E-state index contributed by atoms with van der Waals surface area (Å²) >= 11 is 0. The molecule has 1 aliphatic rings. The number of fused-ring (bicyclic) bond motifs is 1. The number of aromatic nitrogens is 1. The summed E-state index contributed by atoms with van der Waals surface area (Å²) in [4.78, 5) is 55.4. The van der Waals surface area contributed by atoms with Gasteiger partial charge in [0.15, 0.2) is 0 Å². The van der Waals surface area contributed by atoms with Gasteiger partial charge in [-0.3, -0.25) is 19.2 Å². The number of esters is 1. The van der Waals surface area contributed by atoms with Crippen LogP contribution in [-0.2, 0) is 9.59 Å². The van der Waals surface area contributed by atoms with E-state index < -0.39 is 23.5 Å². The van der Waals surface area contributed by atoms with Gasteiger partial charge in [-0.1, -0.05) is 18.2 Å². The van der Waals surface area contributed by atoms with E-state index in [-0.39, 0.29) is 54.3 Å². The van der Waals surface area contributed by atoms with Crippen LogP contribution in [0.2, 0.25) is 0 Å². The monoisotopic (exact) mass is 437 g/mol. The molecule has 0 saturated carbocycles. The van der Waals surface area contributed by atoms with Crippen molar-refractivity contribution in [1.29, 1.82) is 0 Å². The number of hydrogen-bond donors (Lipinski definition) is 1. The molecule has 2 amide bonds. The summed E-state index contributed by atoms with van der Waals surface area (Å²) in [7, 11) is 0. The molecule has 9 heteroatoms. The van der Waals surface area contributed by atoms with E-state index in [0.717, 1.165) is 0 Å². The summed E-state index contributed by atoms with van der Waals surface area (Å²) in [5.41, 5.74) is 0.660. The highest BCUT2D eigenvalue weighted by Gasteiger charge is 2.31. The van der Waals surface area contributed by atoms with Crippen molar-refractivity contribution in [2.24, 2.45) is 0 Å². The van der Waals surface area contributed by atoms with Crippen LogP contribution in [0.1, 0.15) is 27.6 Å². The highest BCUT2D eigenvalue weighted by molar-refractivity contribution is 6.44. The van der Waals surface area contributed by atoms with E-state index in [0.29, 0.717) is 5.52 Å². The van der Waals surface area contributed by atoms with Crippen molar-refractivity contribution in [3.8, 4) is 5.75 Å². The minimum Gasteiger partial charge on any atom is -0.426 e. The van der Waals surface area contributed by atoms with Crippen molar-refractivity contribution in [2.75, 3.05) is 26.2 Å². The SMILES string of the molecule is CC(=O)Oc1ccccc1C(=O)N1CCN(C(=O)C(=O)c2c[nH]c3cccc(F)c23)CC1. The van der Waals surface area contributed by atoms with Gasteiger partial charge in [-0.15, -0.1) is 0 Å². The Hall–Kier alpha value is -4.01. The van der Waals surface area contributed by atoms with E-state index in [1.807, 2.05) is 0 Å². The number of nitrogens with one attached hydrogen (secondary N) is 1. The number of carbonyl (C=O) groups is 4. The third-order valence-electron chi connectivity index (χ3n) is 5.32. The zero-order valence-electron chi connectivity index (χ0n) is 17.3. The lowest BCUT2D eigenvalue weighted by Crippen LogP contribution is -2.52. The lowest BCUT2D eigenvalue weighted by atomic mass is 10.1. The van der Waals surface area contributed by atoms with Gasteiger partial charge in [0.25, 0.3) is 17.6 Å². The number of Topliss-reactive ketones (excluding diaryl/α,β-unsaturated/α-hetero) is 1. The Morgan fingerprint density at radius 3 is 2.31 bits per heavy atom. The highest BCUT2D eigenvalue weighted by atomic mass is 19.1. The van der Waals surface area contributed by atoms with Gasteiger partial charge in [-0.05, 0) is 24.3 Å². The number of amides is 2. The number of para-hydroxylation sites is 1. The summed E-state index contributed by atoms with van der Waals surface area (Å²) in [5.74, 6) is -2.84. The number of ketones is 1. The van der Waals surface area contributed by atoms with Crippen LogP contribution >= 0.6 is 0 Å². The van der Waals surface area contributed by atoms with E-state index in [1.165, 1.54) is 41.1 Å². The molecular formula is C23H20FN3O5. The van der Waals surface area contributed by atoms with Gasteiger partial charge in [0.2, 0.25) is 0 Å². The van der Waals surface area contributed by atoms with Crippen molar-refractivity contribution < 1.29 is 28.3 Å². The van der Waals surface area contributed by atoms with Gasteiger partial charge < -0.3 is 19.5 Å². The van der Waals surface area contributed by atoms with Crippen LogP contribution in [0.5, 0.6) is 5.75 Å². The molecule has 0 unspecified atom stereocenters. The average Bonchev–Trinajstić information content (AvgIpc) is 3.23. The first kappa shape index (κ1) is 21.2. The van der Waals surface area contributed by atoms with E-state index in [2.05, 4.69) is 4.98 Å². The first-order chi connectivity index (χ1) is 15.4. The number of hydrogen-bond acceptors (Lipinski definition) is 5. The quantitative estimate of drug-likeness (QED) is 0.292. The average molecular weight is 437 g/mol. The first-order valence-electron chi connectivity index (χ1n) is 10.0. The second-order valence-electron chi connectivity index (χ2n) is 7.37. The molecule has 2 heterocycles. The van der Waals surface area contributed by atoms with Crippen molar-refractivity contribution in [3.63, 3.8) is 0 Å². The molecule has 8 nitrogen and oxygen atoms in total. The molecule has 1 saturated heterocycles. The fourth-order valence-electron chi connectivity index (χ4n) is 3.75. The zero-order chi connectivity index (χ0) is 22.8. The summed E-state index contributed by atoms with van der Waals surface area (Å²) in [6.07, 6.45) is 1.33. The Labute approximate surface area is 182 Å². The van der Waals surface area contributed by atoms with Crippen molar-refractivity contribution >= 4 is 34.5 Å². The zero-order valence-corrected chi connectivity index (χ0v) is 17.3. The summed E-state index contributed by atoms with van der Waals surface area (Å²) < 4.78 is 19.3. The summed E-state index contributed by atoms with van der Waals surface area (Å²) in [6.45, 7) is 1.96. The van der Waals surface area contributed by atoms with E-state index in [9.17, 15) is 23.6 Å². The van der Waals surface area contributed by atoms with Crippen molar-refractivity contribution in [3.05, 3.63) is 65.6 Å². The molecule has 1 aromatic heterocycles. The lowest BCUT2D eigenvalue weighted by molar-refractivity contribution is -0.132. The van der Waals surface area contributed by atoms with Crippen LogP contribution in [0, 0.1) is 5.82 Å². The number of aromatic amines is 1. The molecule has 1 N–H and O–H groups in total. The fraction of sp³-hybridized carbons (Fsp3) is 0.217. The minimum atomic E-state index is -0.804. The van der Waals surface area contributed by atoms with Crippen LogP contribution in [0.4, 0.5) is 4.39 Å². The normalized spacial score (nSPS) is 13.8. The number of H-pyrrole nitrogens is 1. The smallest absolute Gasteiger partial charge is 0.308 e. The fourth-order valence-corrected chi connectivity index (χ4v) is 3.75. The molecule has 32 heavy (non-hydrogen) atoms. The van der Waals surface area contributed by atoms with Crippen LogP contribution in [0.3, 0.4) is 0 Å². The van der Waals surface area contributed by atoms with Crippen LogP contribution in [0.25, 0.3) is 10.9 Å². The van der Waals surface area contributed by atoms with E-state index in [4.69, 9.17) is 4.74 Å². The highest BCUT2D eigenvalue weighted by Crippen LogP contribution is 2.24. The van der Waals surface area contributed by atoms with Gasteiger partial charge in [-0.25, -0.2) is 4.39 Å². The van der Waals surface area contributed by atoms with Crippen molar-refractivity contribution in [2.45, 2.75) is 6.92 Å². The van der Waals surface area contributed by atoms with E-state index >= 15 is 0 Å². The van der Waals surface area contributed by atoms with Crippen LogP contribution < -0.4 is 4.74 Å². The van der Waals surface area contributed by atoms with Gasteiger partial charge >= 0.3 is 5.97 Å². The molecular weight excluding hydrogens is 417 g/mol. The third kappa shape index (κ3) is 3.96. The first-order valence-corrected chi connectivity index (χ1v) is 10.0. The predicted molar refractivity (Wildman–Crippen MR) is 113 cm³/mol. The molecule has 0 atom stereocenters. The maximum Gasteiger partial charge on any atom is 0.308 e. The van der Waals surface area contributed by atoms with Gasteiger partial charge in [-0.2, -0.15) is 0 Å². The van der Waals surface area contributed by atoms with E-state index in [1.54, 1.807) is 24.3 Å². The third-order valence-corrected chi connectivity index (χ3v) is 5.32. The molecule has 0 bridgehead atoms. The minimum absolute atomic E-state index is 0.0167. The van der Waals surface area contributed by atoms with Gasteiger partial charge in [0.1, 0.15) is 11.6 Å². The Balaban J connectivity index is 1.45. The predicted octanol–water partition coefficient (Wildman–Crippen LogP) is 2.40. The largest absolute Gasteiger partial charge is 0.426 e. The molecule has 1 fully saturated rings. The Morgan fingerprint density at radius 2 is 1.59 bits per heavy atom. The summed E-state index contributed by atoms with van der Waals surface area (Å²) in [6, 6.07) is 10.8. The molecule has 4 rings (SSSR count). The number of rotatable bonds is 4. The lowest BCUT2D eigenvalue weighted by Gasteiger charge is -2.34. The number of halogens is 1. The molecule has 0 radical (unpaired) electrons. The molecule has 0 spiro atoms. The number of benzene rings is 2. The number of carbonyl (C=O) groups excluding carboxylic acids is 4. The second kappa shape index (κ2) is 8.62. The van der Waals surface area contributed by atoms with Crippen LogP contribution in [0.15, 0.2) is 48.7 Å². The van der Waals surface area contributed by atoms with Gasteiger partial charge in [0.05, 0.1) is 11.1 Å². The second-order valence-corrected chi connectivity index (χ2v) is 7.37. The number of ether oxygens (including phenoxy) is 1. The Kier molecular flexibility index (Phi) is 5.72. The maximum atomic E-state index is 14.2. The molecule has 3 aromatic rings. The maximum absolute atomic E-state index is 14.2. The summed E-state index contributed by atoms with van der Waals surface area (Å²) in [5, 5.41) is 0.0849. The van der Waals surface area contributed by atoms with Crippen molar-refractivity contribution in [1.82, 2.24) is 14.8 Å². The number of piperazine rings is 1. The molecule has 2 aromatic carbocycles. The Bertz CT molecular complexity index is 1230. The van der Waals surface area contributed by atoms with Crippen LogP contribution in [-0.4, -0.2) is 64.5 Å². The topological polar surface area (TPSA) is 99.8 Å². The standard InChI is InChI=1S/C23H20FN3O5/c1-14(28)32-19-8-3-2-5-15(19)22(30)26-9-11-27(12-10-26)23(31)21(29)16-13-25-18-7-4-6-17(24)20(16)18/h2-8,13,25H,9-12H2,1H3. The Morgan fingerprint density at radius 1 is 0.906 bits per heavy atom. The number of nitrogens with zero attached hydrogens (tertiary/aromatic N) is 2.